The van der Waals surface area contributed by atoms with Crippen LogP contribution in [0.2, 0.25) is 0 Å². The molecule has 0 aromatic carbocycles. The maximum atomic E-state index is 12.6. The number of esters is 2. The molecule has 0 rings (SSSR count). The summed E-state index contributed by atoms with van der Waals surface area (Å²) in [6.07, 6.45) is -0.238. The molecule has 43 heteroatoms. The fourth-order valence-corrected chi connectivity index (χ4v) is 9.37. The number of rotatable bonds is 102. The second-order valence-electron chi connectivity index (χ2n) is 24.3. The lowest BCUT2D eigenvalue weighted by Crippen LogP contribution is -2.54. The first-order chi connectivity index (χ1) is 58.5. The van der Waals surface area contributed by atoms with Gasteiger partial charge < -0.3 is 175 Å². The molecule has 3 atom stereocenters. The van der Waals surface area contributed by atoms with Gasteiger partial charge in [0.05, 0.1) is 389 Å². The Hall–Kier alpha value is -4.03. The van der Waals surface area contributed by atoms with Gasteiger partial charge in [0.1, 0.15) is 18.8 Å². The molecule has 704 valence electrons. The van der Waals surface area contributed by atoms with Crippen molar-refractivity contribution in [1.82, 2.24) is 16.0 Å². The summed E-state index contributed by atoms with van der Waals surface area (Å²) in [6, 6.07) is -2.25. The van der Waals surface area contributed by atoms with Crippen molar-refractivity contribution in [3.8, 4) is 0 Å². The molecule has 0 saturated heterocycles. The zero-order valence-electron chi connectivity index (χ0n) is 70.9. The van der Waals surface area contributed by atoms with Crippen molar-refractivity contribution in [2.24, 2.45) is 11.5 Å². The first kappa shape index (κ1) is 115. The van der Waals surface area contributed by atoms with Gasteiger partial charge in [-0.15, -0.1) is 0 Å². The van der Waals surface area contributed by atoms with E-state index in [1.54, 1.807) is 13.8 Å². The third kappa shape index (κ3) is 93.0. The summed E-state index contributed by atoms with van der Waals surface area (Å²) in [4.78, 5) is 70.4. The molecule has 0 spiro atoms. The summed E-state index contributed by atoms with van der Waals surface area (Å²) in [6.45, 7) is 26.7. The van der Waals surface area contributed by atoms with Gasteiger partial charge in [-0.25, -0.2) is 0 Å². The lowest BCUT2D eigenvalue weighted by molar-refractivity contribution is -0.157. The number of hydrogen-bond donors (Lipinski definition) is 6. The van der Waals surface area contributed by atoms with E-state index in [9.17, 15) is 33.9 Å². The molecule has 0 radical (unpaired) electrons. The molecule has 0 aliphatic heterocycles. The first-order valence-electron chi connectivity index (χ1n) is 41.1. The Labute approximate surface area is 707 Å². The SMILES string of the molecule is CCC(=O)OC[C@H](CSC[C@H](N)C(=O)N[C@@H](CO)C(=O)NCCOCCOCCOCCOCCOCCOCCOCCOCCOCCOCCOCCOCCOCCOCCOCCOCCOCCOCCOCCOCCOCCOCCOCCOCCOCCOCCOCCOCCC(=O)NCC(N)=O)OC(=O)CC. The van der Waals surface area contributed by atoms with Crippen molar-refractivity contribution in [2.75, 3.05) is 408 Å². The smallest absolute Gasteiger partial charge is 0.305 e. The van der Waals surface area contributed by atoms with E-state index in [-0.39, 0.29) is 76.2 Å². The van der Waals surface area contributed by atoms with Crippen molar-refractivity contribution >= 4 is 47.3 Å². The van der Waals surface area contributed by atoms with E-state index in [1.807, 2.05) is 0 Å². The molecule has 0 unspecified atom stereocenters. The van der Waals surface area contributed by atoms with Gasteiger partial charge in [-0.05, 0) is 0 Å². The summed E-state index contributed by atoms with van der Waals surface area (Å²) in [5, 5.41) is 17.1. The van der Waals surface area contributed by atoms with E-state index in [1.165, 1.54) is 11.8 Å². The molecule has 0 aromatic rings. The van der Waals surface area contributed by atoms with Crippen LogP contribution in [-0.2, 0) is 171 Å². The second-order valence-corrected chi connectivity index (χ2v) is 25.4. The molecule has 0 bridgehead atoms. The van der Waals surface area contributed by atoms with Crippen molar-refractivity contribution in [3.63, 3.8) is 0 Å². The number of ether oxygens (including phenoxy) is 30. The fraction of sp³-hybridized carbons (Fsp3) is 0.921. The second kappa shape index (κ2) is 97.8. The van der Waals surface area contributed by atoms with Crippen LogP contribution in [0, 0.1) is 0 Å². The molecule has 8 N–H and O–H groups in total. The van der Waals surface area contributed by atoms with Crippen molar-refractivity contribution < 1.29 is 176 Å². The normalized spacial score (nSPS) is 12.3. The van der Waals surface area contributed by atoms with Crippen LogP contribution in [0.15, 0.2) is 0 Å². The van der Waals surface area contributed by atoms with Crippen LogP contribution in [0.1, 0.15) is 33.1 Å². The summed E-state index contributed by atoms with van der Waals surface area (Å²) in [7, 11) is 0. The van der Waals surface area contributed by atoms with Gasteiger partial charge in [0, 0.05) is 37.3 Å². The average molecular weight is 1760 g/mol. The van der Waals surface area contributed by atoms with Gasteiger partial charge in [0.15, 0.2) is 0 Å². The van der Waals surface area contributed by atoms with Crippen molar-refractivity contribution in [1.29, 1.82) is 0 Å². The Morgan fingerprint density at radius 3 is 0.748 bits per heavy atom. The first-order valence-corrected chi connectivity index (χ1v) is 42.3. The molecular formula is C76H147N5O37S. The molecule has 4 amide bonds. The van der Waals surface area contributed by atoms with Crippen LogP contribution in [0.5, 0.6) is 0 Å². The maximum absolute atomic E-state index is 12.6. The number of carbonyl (C=O) groups excluding carboxylic acids is 6. The van der Waals surface area contributed by atoms with E-state index < -0.39 is 54.5 Å². The highest BCUT2D eigenvalue weighted by Gasteiger charge is 2.24. The van der Waals surface area contributed by atoms with Gasteiger partial charge >= 0.3 is 11.9 Å². The summed E-state index contributed by atoms with van der Waals surface area (Å²) < 4.78 is 165. The number of thioether (sulfide) groups is 1. The number of carbonyl (C=O) groups is 6. The monoisotopic (exact) mass is 1750 g/mol. The topological polar surface area (TPSA) is 488 Å². The van der Waals surface area contributed by atoms with Crippen LogP contribution < -0.4 is 27.4 Å². The largest absolute Gasteiger partial charge is 0.462 e. The zero-order chi connectivity index (χ0) is 86.2. The highest BCUT2D eigenvalue weighted by Crippen LogP contribution is 2.10. The predicted octanol–water partition coefficient (Wildman–Crippen LogP) is -2.63. The molecule has 0 aliphatic carbocycles. The molecule has 119 heavy (non-hydrogen) atoms. The number of amides is 4. The molecule has 0 saturated carbocycles. The van der Waals surface area contributed by atoms with Crippen molar-refractivity contribution in [2.45, 2.75) is 51.3 Å². The number of hydrogen-bond acceptors (Lipinski definition) is 39. The van der Waals surface area contributed by atoms with Gasteiger partial charge in [-0.3, -0.25) is 28.8 Å². The summed E-state index contributed by atoms with van der Waals surface area (Å²) in [5.74, 6) is -2.69. The highest BCUT2D eigenvalue weighted by molar-refractivity contribution is 7.99. The van der Waals surface area contributed by atoms with E-state index in [0.717, 1.165) is 0 Å². The number of primary amides is 1. The van der Waals surface area contributed by atoms with Gasteiger partial charge in [0.2, 0.25) is 23.6 Å². The molecule has 0 aromatic heterocycles. The Morgan fingerprint density at radius 1 is 0.303 bits per heavy atom. The van der Waals surface area contributed by atoms with Crippen LogP contribution in [0.4, 0.5) is 0 Å². The van der Waals surface area contributed by atoms with Crippen molar-refractivity contribution in [3.05, 3.63) is 0 Å². The Morgan fingerprint density at radius 2 is 0.529 bits per heavy atom. The molecule has 0 fully saturated rings. The lowest BCUT2D eigenvalue weighted by Gasteiger charge is -2.20. The molecule has 0 aliphatic rings. The van der Waals surface area contributed by atoms with E-state index in [4.69, 9.17) is 154 Å². The summed E-state index contributed by atoms with van der Waals surface area (Å²) in [5.41, 5.74) is 11.0. The van der Waals surface area contributed by atoms with Crippen LogP contribution in [0.25, 0.3) is 0 Å². The fourth-order valence-electron chi connectivity index (χ4n) is 8.40. The Kier molecular flexibility index (Phi) is 94.5. The van der Waals surface area contributed by atoms with E-state index in [2.05, 4.69) is 16.0 Å². The van der Waals surface area contributed by atoms with Gasteiger partial charge in [-0.1, -0.05) is 13.8 Å². The number of aliphatic hydroxyl groups is 1. The Bertz CT molecular complexity index is 2180. The zero-order valence-corrected chi connectivity index (χ0v) is 71.7. The highest BCUT2D eigenvalue weighted by atomic mass is 32.2. The lowest BCUT2D eigenvalue weighted by atomic mass is 10.2. The average Bonchev–Trinajstić information content (AvgIpc) is 0.909. The number of aliphatic hydroxyl groups excluding tert-OH is 1. The number of nitrogens with two attached hydrogens (primary N) is 2. The minimum absolute atomic E-state index is 0.116. The molecule has 42 nitrogen and oxygen atoms in total. The third-order valence-corrected chi connectivity index (χ3v) is 15.8. The predicted molar refractivity (Wildman–Crippen MR) is 429 cm³/mol. The quantitative estimate of drug-likeness (QED) is 0.0268. The standard InChI is InChI=1S/C76H147N5O37S/c1-3-73(85)117-65-68(118-74(86)4-2)66-119-67-69(77)75(87)81-70(64-82)76(88)79-6-8-90-10-12-92-14-16-94-18-20-96-22-24-98-26-28-100-30-32-102-34-36-104-38-40-106-42-44-108-46-48-110-50-52-112-54-56-114-58-60-116-62-61-115-59-57-113-55-53-111-51-49-109-47-45-107-43-41-105-39-37-103-35-33-101-31-29-99-27-25-97-23-21-95-19-17-93-15-13-91-11-9-89-7-5-72(84)80-63-71(78)83/h68-70,82H,3-67,77H2,1-2H3,(H2,78,83)(H,79,88)(H,80,84)(H,81,87)/t68-,69+,70+/m1/s1. The van der Waals surface area contributed by atoms with E-state index in [0.29, 0.717) is 350 Å². The molecule has 0 heterocycles. The summed E-state index contributed by atoms with van der Waals surface area (Å²) >= 11 is 1.21. The molecular weight excluding hydrogens is 1610 g/mol. The maximum Gasteiger partial charge on any atom is 0.305 e. The Balaban J connectivity index is 3.24. The minimum Gasteiger partial charge on any atom is -0.462 e. The van der Waals surface area contributed by atoms with Crippen LogP contribution >= 0.6 is 11.8 Å². The van der Waals surface area contributed by atoms with Gasteiger partial charge in [-0.2, -0.15) is 11.8 Å². The van der Waals surface area contributed by atoms with Crippen LogP contribution in [0.3, 0.4) is 0 Å². The minimum atomic E-state index is -1.22. The van der Waals surface area contributed by atoms with E-state index >= 15 is 0 Å². The van der Waals surface area contributed by atoms with Gasteiger partial charge in [0.25, 0.3) is 0 Å². The number of nitrogens with one attached hydrogen (secondary N) is 3. The third-order valence-electron chi connectivity index (χ3n) is 14.6. The van der Waals surface area contributed by atoms with Crippen LogP contribution in [-0.4, -0.2) is 467 Å².